The van der Waals surface area contributed by atoms with Crippen LogP contribution in [0, 0.1) is 18.8 Å². The Morgan fingerprint density at radius 1 is 1.18 bits per heavy atom. The van der Waals surface area contributed by atoms with Gasteiger partial charge in [0, 0.05) is 30.7 Å². The molecule has 2 aromatic rings. The monoisotopic (exact) mass is 382 g/mol. The van der Waals surface area contributed by atoms with Gasteiger partial charge in [-0.3, -0.25) is 4.98 Å². The van der Waals surface area contributed by atoms with Gasteiger partial charge in [0.25, 0.3) is 0 Å². The summed E-state index contributed by atoms with van der Waals surface area (Å²) in [5.41, 5.74) is 2.65. The SMILES string of the molecule is COC(=O)c1cccc(O[C@@H]2C[C@@H]3CN(c4ccnc(C)c4)C[C@@H]3C[C@H]2O)c1. The molecule has 1 aromatic heterocycles. The van der Waals surface area contributed by atoms with Crippen molar-refractivity contribution in [2.45, 2.75) is 32.0 Å². The molecule has 6 nitrogen and oxygen atoms in total. The Hall–Kier alpha value is -2.60. The van der Waals surface area contributed by atoms with Gasteiger partial charge < -0.3 is 19.5 Å². The number of carbonyl (C=O) groups excluding carboxylic acids is 1. The second-order valence-electron chi connectivity index (χ2n) is 7.80. The molecule has 1 N–H and O–H groups in total. The number of aliphatic hydroxyl groups is 1. The Morgan fingerprint density at radius 2 is 1.96 bits per heavy atom. The molecule has 6 heteroatoms. The van der Waals surface area contributed by atoms with Gasteiger partial charge in [-0.2, -0.15) is 0 Å². The van der Waals surface area contributed by atoms with E-state index in [1.807, 2.05) is 25.3 Å². The van der Waals surface area contributed by atoms with Crippen LogP contribution in [-0.2, 0) is 4.74 Å². The van der Waals surface area contributed by atoms with Crippen molar-refractivity contribution < 1.29 is 19.4 Å². The van der Waals surface area contributed by atoms with E-state index >= 15 is 0 Å². The molecule has 28 heavy (non-hydrogen) atoms. The van der Waals surface area contributed by atoms with Crippen molar-refractivity contribution in [2.24, 2.45) is 11.8 Å². The number of esters is 1. The van der Waals surface area contributed by atoms with Gasteiger partial charge >= 0.3 is 5.97 Å². The molecule has 1 saturated heterocycles. The first-order chi connectivity index (χ1) is 13.5. The van der Waals surface area contributed by atoms with Gasteiger partial charge in [0.2, 0.25) is 0 Å². The molecule has 2 fully saturated rings. The summed E-state index contributed by atoms with van der Waals surface area (Å²) >= 11 is 0. The molecule has 1 saturated carbocycles. The van der Waals surface area contributed by atoms with Gasteiger partial charge in [-0.15, -0.1) is 0 Å². The van der Waals surface area contributed by atoms with E-state index in [0.29, 0.717) is 23.1 Å². The number of aliphatic hydroxyl groups excluding tert-OH is 1. The summed E-state index contributed by atoms with van der Waals surface area (Å²) in [6.07, 6.45) is 2.60. The Bertz CT molecular complexity index is 856. The number of pyridine rings is 1. The fourth-order valence-electron chi connectivity index (χ4n) is 4.44. The number of fused-ring (bicyclic) bond motifs is 1. The molecule has 0 spiro atoms. The highest BCUT2D eigenvalue weighted by Crippen LogP contribution is 2.39. The summed E-state index contributed by atoms with van der Waals surface area (Å²) in [7, 11) is 1.36. The summed E-state index contributed by atoms with van der Waals surface area (Å²) in [5.74, 6) is 1.13. The summed E-state index contributed by atoms with van der Waals surface area (Å²) in [4.78, 5) is 18.4. The molecule has 2 aliphatic rings. The molecule has 1 aromatic carbocycles. The fourth-order valence-corrected chi connectivity index (χ4v) is 4.44. The zero-order valence-corrected chi connectivity index (χ0v) is 16.2. The van der Waals surface area contributed by atoms with Crippen molar-refractivity contribution in [1.82, 2.24) is 4.98 Å². The highest BCUT2D eigenvalue weighted by molar-refractivity contribution is 5.89. The minimum Gasteiger partial charge on any atom is -0.488 e. The van der Waals surface area contributed by atoms with E-state index in [-0.39, 0.29) is 6.10 Å². The Kier molecular flexibility index (Phi) is 5.22. The number of rotatable bonds is 4. The van der Waals surface area contributed by atoms with Gasteiger partial charge in [-0.05, 0) is 61.9 Å². The lowest BCUT2D eigenvalue weighted by molar-refractivity contribution is -0.0231. The highest BCUT2D eigenvalue weighted by atomic mass is 16.5. The molecule has 2 heterocycles. The number of anilines is 1. The van der Waals surface area contributed by atoms with Crippen molar-refractivity contribution in [3.63, 3.8) is 0 Å². The van der Waals surface area contributed by atoms with Crippen LogP contribution in [-0.4, -0.2) is 48.5 Å². The topological polar surface area (TPSA) is 71.9 Å². The van der Waals surface area contributed by atoms with E-state index in [9.17, 15) is 9.90 Å². The van der Waals surface area contributed by atoms with Crippen LogP contribution >= 0.6 is 0 Å². The maximum absolute atomic E-state index is 11.7. The van der Waals surface area contributed by atoms with Gasteiger partial charge in [0.1, 0.15) is 11.9 Å². The van der Waals surface area contributed by atoms with Crippen molar-refractivity contribution in [2.75, 3.05) is 25.1 Å². The number of nitrogens with zero attached hydrogens (tertiary/aromatic N) is 2. The second kappa shape index (κ2) is 7.80. The lowest BCUT2D eigenvalue weighted by Crippen LogP contribution is -2.42. The number of methoxy groups -OCH3 is 1. The minimum atomic E-state index is -0.512. The van der Waals surface area contributed by atoms with Crippen molar-refractivity contribution in [3.8, 4) is 5.75 Å². The molecular formula is C22H26N2O4. The lowest BCUT2D eigenvalue weighted by atomic mass is 9.78. The minimum absolute atomic E-state index is 0.270. The Balaban J connectivity index is 1.44. The quantitative estimate of drug-likeness (QED) is 0.820. The number of ether oxygens (including phenoxy) is 2. The first kappa shape index (κ1) is 18.7. The standard InChI is InChI=1S/C22H26N2O4/c1-14-8-18(6-7-23-14)24-12-16-10-20(25)21(11-17(16)13-24)28-19-5-3-4-15(9-19)22(26)27-2/h3-9,16-17,20-21,25H,10-13H2,1-2H3/t16-,17+,20+,21+/m0/s1. The van der Waals surface area contributed by atoms with E-state index in [1.165, 1.54) is 12.8 Å². The smallest absolute Gasteiger partial charge is 0.337 e. The second-order valence-corrected chi connectivity index (χ2v) is 7.80. The largest absolute Gasteiger partial charge is 0.488 e. The number of hydrogen-bond acceptors (Lipinski definition) is 6. The normalized spacial score (nSPS) is 26.6. The fraction of sp³-hybridized carbons (Fsp3) is 0.455. The molecule has 1 aliphatic carbocycles. The molecule has 0 amide bonds. The highest BCUT2D eigenvalue weighted by Gasteiger charge is 2.42. The summed E-state index contributed by atoms with van der Waals surface area (Å²) in [6, 6.07) is 11.1. The zero-order valence-electron chi connectivity index (χ0n) is 16.2. The number of benzene rings is 1. The maximum Gasteiger partial charge on any atom is 0.337 e. The molecule has 4 atom stereocenters. The predicted octanol–water partition coefficient (Wildman–Crippen LogP) is 2.83. The van der Waals surface area contributed by atoms with E-state index in [2.05, 4.69) is 16.0 Å². The molecule has 0 unspecified atom stereocenters. The predicted molar refractivity (Wildman–Crippen MR) is 106 cm³/mol. The zero-order chi connectivity index (χ0) is 19.7. The summed E-state index contributed by atoms with van der Waals surface area (Å²) in [6.45, 7) is 3.92. The van der Waals surface area contributed by atoms with Crippen molar-refractivity contribution in [1.29, 1.82) is 0 Å². The van der Waals surface area contributed by atoms with E-state index in [4.69, 9.17) is 9.47 Å². The van der Waals surface area contributed by atoms with E-state index in [0.717, 1.165) is 31.6 Å². The third-order valence-electron chi connectivity index (χ3n) is 5.87. The van der Waals surface area contributed by atoms with E-state index < -0.39 is 12.1 Å². The van der Waals surface area contributed by atoms with Gasteiger partial charge in [-0.25, -0.2) is 4.79 Å². The van der Waals surface area contributed by atoms with Crippen molar-refractivity contribution >= 4 is 11.7 Å². The number of aryl methyl sites for hydroxylation is 1. The van der Waals surface area contributed by atoms with Crippen LogP contribution < -0.4 is 9.64 Å². The first-order valence-corrected chi connectivity index (χ1v) is 9.74. The molecule has 1 aliphatic heterocycles. The van der Waals surface area contributed by atoms with Gasteiger partial charge in [0.15, 0.2) is 0 Å². The number of carbonyl (C=O) groups is 1. The Morgan fingerprint density at radius 3 is 2.71 bits per heavy atom. The third-order valence-corrected chi connectivity index (χ3v) is 5.87. The molecule has 4 rings (SSSR count). The number of aromatic nitrogens is 1. The molecular weight excluding hydrogens is 356 g/mol. The average molecular weight is 382 g/mol. The van der Waals surface area contributed by atoms with Gasteiger partial charge in [-0.1, -0.05) is 6.07 Å². The third kappa shape index (κ3) is 3.83. The summed E-state index contributed by atoms with van der Waals surface area (Å²) < 4.78 is 10.9. The van der Waals surface area contributed by atoms with Crippen LogP contribution in [0.25, 0.3) is 0 Å². The summed E-state index contributed by atoms with van der Waals surface area (Å²) in [5, 5.41) is 10.7. The van der Waals surface area contributed by atoms with Crippen LogP contribution in [0.3, 0.4) is 0 Å². The molecule has 0 radical (unpaired) electrons. The van der Waals surface area contributed by atoms with Gasteiger partial charge in [0.05, 0.1) is 18.8 Å². The maximum atomic E-state index is 11.7. The van der Waals surface area contributed by atoms with Crippen LogP contribution in [0.15, 0.2) is 42.6 Å². The average Bonchev–Trinajstić information content (AvgIpc) is 3.10. The van der Waals surface area contributed by atoms with Crippen molar-refractivity contribution in [3.05, 3.63) is 53.9 Å². The molecule has 148 valence electrons. The first-order valence-electron chi connectivity index (χ1n) is 9.74. The number of hydrogen-bond donors (Lipinski definition) is 1. The molecule has 0 bridgehead atoms. The van der Waals surface area contributed by atoms with Crippen LogP contribution in [0.5, 0.6) is 5.75 Å². The van der Waals surface area contributed by atoms with Crippen LogP contribution in [0.4, 0.5) is 5.69 Å². The Labute approximate surface area is 165 Å². The van der Waals surface area contributed by atoms with Crippen LogP contribution in [0.1, 0.15) is 28.9 Å². The van der Waals surface area contributed by atoms with Crippen LogP contribution in [0.2, 0.25) is 0 Å². The van der Waals surface area contributed by atoms with E-state index in [1.54, 1.807) is 18.2 Å². The lowest BCUT2D eigenvalue weighted by Gasteiger charge is -2.35.